The van der Waals surface area contributed by atoms with Crippen LogP contribution in [0.5, 0.6) is 0 Å². The van der Waals surface area contributed by atoms with Crippen LogP contribution in [0.1, 0.15) is 0 Å². The third kappa shape index (κ3) is 1.24. The lowest BCUT2D eigenvalue weighted by Crippen LogP contribution is -2.76. The van der Waals surface area contributed by atoms with Crippen LogP contribution in [0.2, 0.25) is 0 Å². The molecule has 3 atom stereocenters. The van der Waals surface area contributed by atoms with Crippen LogP contribution in [0.4, 0.5) is 39.5 Å². The summed E-state index contributed by atoms with van der Waals surface area (Å²) in [6, 6.07) is 0. The van der Waals surface area contributed by atoms with Crippen LogP contribution in [0.15, 0.2) is 24.3 Å². The van der Waals surface area contributed by atoms with Crippen LogP contribution in [-0.4, -0.2) is 29.4 Å². The lowest BCUT2D eigenvalue weighted by atomic mass is 9.58. The number of hydrogen-bond acceptors (Lipinski definition) is 0. The second-order valence-corrected chi connectivity index (χ2v) is 4.46. The molecule has 0 radical (unpaired) electrons. The third-order valence-corrected chi connectivity index (χ3v) is 3.45. The molecule has 2 bridgehead atoms. The number of rotatable bonds is 0. The molecule has 0 aromatic heterocycles. The van der Waals surface area contributed by atoms with Crippen molar-refractivity contribution in [1.82, 2.24) is 0 Å². The highest BCUT2D eigenvalue weighted by Gasteiger charge is 2.88. The number of alkyl halides is 9. The Kier molecular flexibility index (Phi) is 2.34. The lowest BCUT2D eigenvalue weighted by molar-refractivity contribution is -0.349. The van der Waals surface area contributed by atoms with Gasteiger partial charge in [-0.15, -0.1) is 0 Å². The molecule has 3 aliphatic rings. The summed E-state index contributed by atoms with van der Waals surface area (Å²) in [5, 5.41) is 0. The third-order valence-electron chi connectivity index (χ3n) is 3.45. The van der Waals surface area contributed by atoms with Gasteiger partial charge in [0.05, 0.1) is 0 Å². The van der Waals surface area contributed by atoms with E-state index in [0.717, 1.165) is 0 Å². The first-order chi connectivity index (χ1) is 8.23. The van der Waals surface area contributed by atoms with E-state index in [9.17, 15) is 39.5 Å². The molecule has 0 nitrogen and oxygen atoms in total. The van der Waals surface area contributed by atoms with Crippen molar-refractivity contribution >= 4 is 0 Å². The standard InChI is InChI=1S/C10H5F9/c1-4-5(8(13,14)15)7(12)3-2-6(4,11)9(16,17)10(7,18)19/h2-3,5H,1H2/t5-,6-,7+/m0/s1. The zero-order chi connectivity index (χ0) is 15.1. The van der Waals surface area contributed by atoms with Crippen molar-refractivity contribution in [2.75, 3.05) is 0 Å². The maximum absolute atomic E-state index is 13.9. The van der Waals surface area contributed by atoms with E-state index in [1.807, 2.05) is 0 Å². The van der Waals surface area contributed by atoms with Gasteiger partial charge < -0.3 is 0 Å². The Bertz CT molecular complexity index is 474. The number of hydrogen-bond donors (Lipinski definition) is 0. The summed E-state index contributed by atoms with van der Waals surface area (Å²) in [5.41, 5.74) is -11.2. The minimum absolute atomic E-state index is 0.324. The monoisotopic (exact) mass is 296 g/mol. The summed E-state index contributed by atoms with van der Waals surface area (Å²) in [6.45, 7) is 2.42. The van der Waals surface area contributed by atoms with Gasteiger partial charge in [-0.05, 0) is 17.7 Å². The molecule has 0 saturated heterocycles. The van der Waals surface area contributed by atoms with E-state index >= 15 is 0 Å². The van der Waals surface area contributed by atoms with Crippen LogP contribution in [0.25, 0.3) is 0 Å². The molecule has 0 aromatic rings. The molecular formula is C10H5F9. The summed E-state index contributed by atoms with van der Waals surface area (Å²) in [4.78, 5) is 0. The van der Waals surface area contributed by atoms with Crippen LogP contribution in [0.3, 0.4) is 0 Å². The van der Waals surface area contributed by atoms with E-state index < -0.39 is 46.9 Å². The molecule has 1 fully saturated rings. The van der Waals surface area contributed by atoms with E-state index in [1.54, 1.807) is 0 Å². The summed E-state index contributed by atoms with van der Waals surface area (Å²) in [5.74, 6) is -15.2. The highest BCUT2D eigenvalue weighted by molar-refractivity contribution is 5.48. The summed E-state index contributed by atoms with van der Waals surface area (Å²) in [7, 11) is 0. The Morgan fingerprint density at radius 2 is 1.37 bits per heavy atom. The zero-order valence-electron chi connectivity index (χ0n) is 8.84. The second-order valence-electron chi connectivity index (χ2n) is 4.46. The van der Waals surface area contributed by atoms with Crippen molar-refractivity contribution < 1.29 is 39.5 Å². The van der Waals surface area contributed by atoms with Crippen molar-refractivity contribution in [2.24, 2.45) is 5.92 Å². The van der Waals surface area contributed by atoms with E-state index in [2.05, 4.69) is 6.58 Å². The Morgan fingerprint density at radius 3 is 1.79 bits per heavy atom. The molecule has 0 amide bonds. The Balaban J connectivity index is 2.79. The molecule has 0 unspecified atom stereocenters. The normalized spacial score (nSPS) is 43.6. The van der Waals surface area contributed by atoms with Gasteiger partial charge in [0.2, 0.25) is 11.3 Å². The SMILES string of the molecule is C=C1[C@H](C(F)(F)F)[C@]2(F)C=C[C@@]1(F)C(F)(F)C2(F)F. The number of allylic oxidation sites excluding steroid dienone is 3. The van der Waals surface area contributed by atoms with Gasteiger partial charge in [-0.2, -0.15) is 30.7 Å². The van der Waals surface area contributed by atoms with Crippen molar-refractivity contribution in [2.45, 2.75) is 29.4 Å². The van der Waals surface area contributed by atoms with Crippen LogP contribution >= 0.6 is 0 Å². The fourth-order valence-electron chi connectivity index (χ4n) is 2.40. The molecule has 0 N–H and O–H groups in total. The average Bonchev–Trinajstić information content (AvgIpc) is 2.19. The number of fused-ring (bicyclic) bond motifs is 2. The van der Waals surface area contributed by atoms with Crippen molar-refractivity contribution in [1.29, 1.82) is 0 Å². The Morgan fingerprint density at radius 1 is 0.895 bits per heavy atom. The fourth-order valence-corrected chi connectivity index (χ4v) is 2.40. The van der Waals surface area contributed by atoms with Crippen molar-refractivity contribution in [3.63, 3.8) is 0 Å². The molecular weight excluding hydrogens is 291 g/mol. The summed E-state index contributed by atoms with van der Waals surface area (Å²) in [6.07, 6.45) is -6.49. The molecule has 0 aliphatic heterocycles. The first-order valence-corrected chi connectivity index (χ1v) is 4.83. The quantitative estimate of drug-likeness (QED) is 0.468. The van der Waals surface area contributed by atoms with Crippen LogP contribution in [-0.2, 0) is 0 Å². The van der Waals surface area contributed by atoms with Gasteiger partial charge in [0.25, 0.3) is 0 Å². The Hall–Kier alpha value is -1.15. The summed E-state index contributed by atoms with van der Waals surface area (Å²) >= 11 is 0. The van der Waals surface area contributed by atoms with Crippen LogP contribution < -0.4 is 0 Å². The molecule has 1 saturated carbocycles. The van der Waals surface area contributed by atoms with E-state index in [4.69, 9.17) is 0 Å². The molecule has 19 heavy (non-hydrogen) atoms. The molecule has 0 heterocycles. The highest BCUT2D eigenvalue weighted by atomic mass is 19.4. The molecule has 9 heteroatoms. The smallest absolute Gasteiger partial charge is 0.231 e. The maximum Gasteiger partial charge on any atom is 0.399 e. The number of halogens is 9. The van der Waals surface area contributed by atoms with Gasteiger partial charge in [-0.3, -0.25) is 0 Å². The molecule has 108 valence electrons. The molecule has 0 spiro atoms. The molecule has 3 aliphatic carbocycles. The van der Waals surface area contributed by atoms with Gasteiger partial charge in [0.15, 0.2) is 0 Å². The van der Waals surface area contributed by atoms with Gasteiger partial charge in [-0.25, -0.2) is 8.78 Å². The van der Waals surface area contributed by atoms with Crippen molar-refractivity contribution in [3.05, 3.63) is 24.3 Å². The highest BCUT2D eigenvalue weighted by Crippen LogP contribution is 2.68. The van der Waals surface area contributed by atoms with Gasteiger partial charge >= 0.3 is 18.0 Å². The van der Waals surface area contributed by atoms with Crippen molar-refractivity contribution in [3.8, 4) is 0 Å². The van der Waals surface area contributed by atoms with Gasteiger partial charge in [0.1, 0.15) is 5.92 Å². The van der Waals surface area contributed by atoms with E-state index in [0.29, 0.717) is 0 Å². The molecule has 0 aromatic carbocycles. The van der Waals surface area contributed by atoms with Gasteiger partial charge in [0, 0.05) is 0 Å². The first-order valence-electron chi connectivity index (χ1n) is 4.83. The zero-order valence-corrected chi connectivity index (χ0v) is 8.84. The minimum atomic E-state index is -5.84. The average molecular weight is 296 g/mol. The lowest BCUT2D eigenvalue weighted by Gasteiger charge is -2.55. The largest absolute Gasteiger partial charge is 0.399 e. The summed E-state index contributed by atoms with van der Waals surface area (Å²) < 4.78 is 119. The minimum Gasteiger partial charge on any atom is -0.231 e. The first kappa shape index (κ1) is 14.3. The topological polar surface area (TPSA) is 0 Å². The maximum atomic E-state index is 13.9. The predicted molar refractivity (Wildman–Crippen MR) is 45.4 cm³/mol. The van der Waals surface area contributed by atoms with E-state index in [1.165, 1.54) is 0 Å². The Labute approximate surface area is 100 Å². The molecule has 3 rings (SSSR count). The predicted octanol–water partition coefficient (Wildman–Crippen LogP) is 3.99. The van der Waals surface area contributed by atoms with E-state index in [-0.39, 0.29) is 6.08 Å². The second kappa shape index (κ2) is 3.12. The van der Waals surface area contributed by atoms with Gasteiger partial charge in [-0.1, -0.05) is 6.58 Å². The fraction of sp³-hybridized carbons (Fsp3) is 0.600. The van der Waals surface area contributed by atoms with Crippen LogP contribution in [0, 0.1) is 5.92 Å².